The molecule has 0 saturated carbocycles. The second-order valence-electron chi connectivity index (χ2n) is 15.2. The largest absolute Gasteiger partial charge is 2.00 e. The third-order valence-electron chi connectivity index (χ3n) is 9.83. The molecule has 0 bridgehead atoms. The van der Waals surface area contributed by atoms with Gasteiger partial charge in [0.25, 0.3) is 0 Å². The van der Waals surface area contributed by atoms with Crippen molar-refractivity contribution >= 4 is 271 Å². The summed E-state index contributed by atoms with van der Waals surface area (Å²) in [7, 11) is 1.00. The van der Waals surface area contributed by atoms with E-state index < -0.39 is 69.8 Å². The Labute approximate surface area is 709 Å². The van der Waals surface area contributed by atoms with E-state index in [2.05, 4.69) is 29.9 Å². The van der Waals surface area contributed by atoms with Crippen LogP contribution in [0, 0.1) is 113 Å². The molecule has 0 unspecified atom stereocenters. The molecule has 6 heterocycles. The maximum absolute atomic E-state index is 12.9. The molecule has 10 aromatic rings. The Morgan fingerprint density at radius 3 is 0.461 bits per heavy atom. The number of halogens is 26. The van der Waals surface area contributed by atoms with Gasteiger partial charge < -0.3 is 53.1 Å². The van der Waals surface area contributed by atoms with Crippen molar-refractivity contribution in [3.63, 3.8) is 0 Å². The molecule has 6 aromatic heterocycles. The second kappa shape index (κ2) is 44.6. The van der Waals surface area contributed by atoms with Crippen LogP contribution >= 0.6 is 271 Å². The van der Waals surface area contributed by atoms with Crippen LogP contribution in [0.15, 0.2) is 134 Å². The molecule has 0 aliphatic heterocycles. The molecule has 89 heavy (non-hydrogen) atoms. The summed E-state index contributed by atoms with van der Waals surface area (Å²) in [4.78, 5) is 26.4. The standard InChI is InChI=1S/2C15H11N3.4C6F3I3.CH4O.Co.2HI/c2*1-3-10-16-12(6-1)14-8-5-9-15(18-14)13-7-2-4-11-17-13;4*7-1-4(10)2(8)6(12)3(9)5(1)11;1-2;;;/h2*1-11H;;;;;2H,1H3;;2*1H/q;;;;;;;+2;;/p-2. The molecule has 7 nitrogen and oxygen atoms in total. The fourth-order valence-electron chi connectivity index (χ4n) is 5.81. The molecule has 0 atom stereocenters. The van der Waals surface area contributed by atoms with Crippen LogP contribution in [-0.4, -0.2) is 42.1 Å². The summed E-state index contributed by atoms with van der Waals surface area (Å²) >= 11 is 18.1. The molecule has 0 saturated heterocycles. The first-order chi connectivity index (χ1) is 40.7. The van der Waals surface area contributed by atoms with Crippen molar-refractivity contribution in [2.45, 2.75) is 0 Å². The Morgan fingerprint density at radius 1 is 0.225 bits per heavy atom. The van der Waals surface area contributed by atoms with Gasteiger partial charge in [-0.05, 0) is 344 Å². The van der Waals surface area contributed by atoms with Crippen molar-refractivity contribution < 1.29 is 123 Å². The number of aromatic nitrogens is 6. The monoisotopic (exact) mass is 2850 g/mol. The van der Waals surface area contributed by atoms with Gasteiger partial charge in [0.1, 0.15) is 0 Å². The van der Waals surface area contributed by atoms with Crippen LogP contribution in [0.5, 0.6) is 0 Å². The summed E-state index contributed by atoms with van der Waals surface area (Å²) in [6.45, 7) is 0. The van der Waals surface area contributed by atoms with Crippen molar-refractivity contribution in [3.05, 3.63) is 247 Å². The second-order valence-corrected chi connectivity index (χ2v) is 28.2. The van der Waals surface area contributed by atoms with Crippen molar-refractivity contribution in [1.82, 2.24) is 29.9 Å². The zero-order valence-corrected chi connectivity index (χ0v) is 74.2. The average Bonchev–Trinajstić information content (AvgIpc) is 3.33. The molecule has 0 spiro atoms. The van der Waals surface area contributed by atoms with Crippen molar-refractivity contribution in [1.29, 1.82) is 0 Å². The summed E-state index contributed by atoms with van der Waals surface area (Å²) in [5, 5.41) is 7.00. The van der Waals surface area contributed by atoms with Crippen LogP contribution < -0.4 is 48.0 Å². The van der Waals surface area contributed by atoms with Gasteiger partial charge in [-0.15, -0.1) is 0 Å². The molecule has 10 rings (SSSR count). The molecule has 0 aliphatic carbocycles. The molecule has 0 amide bonds. The molecule has 1 radical (unpaired) electrons. The zero-order chi connectivity index (χ0) is 64.3. The minimum Gasteiger partial charge on any atom is -1.00 e. The predicted octanol–water partition coefficient (Wildman–Crippen LogP) is 15.7. The Balaban J connectivity index is 0.000000533. The number of rotatable bonds is 4. The first-order valence-electron chi connectivity index (χ1n) is 22.4. The number of hydrogen-bond acceptors (Lipinski definition) is 7. The van der Waals surface area contributed by atoms with Gasteiger partial charge in [0.15, 0.2) is 69.8 Å². The summed E-state index contributed by atoms with van der Waals surface area (Å²) in [6.07, 6.45) is 7.07. The van der Waals surface area contributed by atoms with Gasteiger partial charge in [0.05, 0.1) is 88.4 Å². The van der Waals surface area contributed by atoms with E-state index in [-0.39, 0.29) is 108 Å². The first-order valence-corrected chi connectivity index (χ1v) is 35.4. The number of pyridine rings is 6. The van der Waals surface area contributed by atoms with Gasteiger partial charge >= 0.3 is 16.8 Å². The molecule has 0 aliphatic rings. The Morgan fingerprint density at radius 2 is 0.348 bits per heavy atom. The van der Waals surface area contributed by atoms with Crippen LogP contribution in [0.4, 0.5) is 52.7 Å². The smallest absolute Gasteiger partial charge is 1.00 e. The average molecular weight is 2850 g/mol. The summed E-state index contributed by atoms with van der Waals surface area (Å²) in [5.41, 5.74) is 6.92. The van der Waals surface area contributed by atoms with Gasteiger partial charge in [0, 0.05) is 31.9 Å². The van der Waals surface area contributed by atoms with E-state index in [4.69, 9.17) is 5.11 Å². The van der Waals surface area contributed by atoms with Crippen molar-refractivity contribution in [2.75, 3.05) is 7.11 Å². The fourth-order valence-corrected chi connectivity index (χ4v) is 18.5. The van der Waals surface area contributed by atoms with E-state index in [1.807, 2.05) is 109 Å². The Kier molecular flexibility index (Phi) is 44.4. The molecule has 0 fully saturated rings. The molecule has 1 N–H and O–H groups in total. The third kappa shape index (κ3) is 25.1. The molecular formula is C55H26CoF12I14N6O. The summed E-state index contributed by atoms with van der Waals surface area (Å²) in [5.74, 6) is -9.93. The summed E-state index contributed by atoms with van der Waals surface area (Å²) in [6, 6.07) is 35.0. The molecule has 34 heteroatoms. The normalized spacial score (nSPS) is 9.87. The van der Waals surface area contributed by atoms with E-state index in [0.29, 0.717) is 0 Å². The van der Waals surface area contributed by atoms with E-state index in [1.54, 1.807) is 24.8 Å². The van der Waals surface area contributed by atoms with Crippen LogP contribution in [0.3, 0.4) is 0 Å². The van der Waals surface area contributed by atoms with Crippen LogP contribution in [0.25, 0.3) is 45.6 Å². The number of benzene rings is 4. The molecule has 473 valence electrons. The van der Waals surface area contributed by atoms with Crippen LogP contribution in [-0.2, 0) is 16.8 Å². The fraction of sp³-hybridized carbons (Fsp3) is 0.0182. The zero-order valence-electron chi connectivity index (χ0n) is 43.0. The van der Waals surface area contributed by atoms with Crippen LogP contribution in [0.2, 0.25) is 0 Å². The maximum atomic E-state index is 12.9. The number of aliphatic hydroxyl groups is 1. The Hall–Kier alpha value is 1.63. The maximum Gasteiger partial charge on any atom is 2.00 e. The minimum absolute atomic E-state index is 0. The van der Waals surface area contributed by atoms with E-state index in [1.165, 1.54) is 271 Å². The van der Waals surface area contributed by atoms with Crippen molar-refractivity contribution in [2.24, 2.45) is 0 Å². The summed E-state index contributed by atoms with van der Waals surface area (Å²) < 4.78 is 153. The van der Waals surface area contributed by atoms with Gasteiger partial charge in [0.2, 0.25) is 0 Å². The number of hydrogen-bond donors (Lipinski definition) is 1. The number of aliphatic hydroxyl groups excluding tert-OH is 1. The van der Waals surface area contributed by atoms with E-state index in [9.17, 15) is 52.7 Å². The number of nitrogens with zero attached hydrogens (tertiary/aromatic N) is 6. The first kappa shape index (κ1) is 88.6. The van der Waals surface area contributed by atoms with E-state index in [0.717, 1.165) is 52.7 Å². The van der Waals surface area contributed by atoms with Crippen LogP contribution in [0.1, 0.15) is 0 Å². The van der Waals surface area contributed by atoms with E-state index >= 15 is 0 Å². The third-order valence-corrected chi connectivity index (χ3v) is 21.2. The topological polar surface area (TPSA) is 97.6 Å². The van der Waals surface area contributed by atoms with Gasteiger partial charge in [-0.1, -0.05) is 36.4 Å². The minimum atomic E-state index is -0.827. The predicted molar refractivity (Wildman–Crippen MR) is 407 cm³/mol. The van der Waals surface area contributed by atoms with Gasteiger partial charge in [-0.2, -0.15) is 0 Å². The quantitative estimate of drug-likeness (QED) is 0.0811. The molecular weight excluding hydrogens is 2820 g/mol. The van der Waals surface area contributed by atoms with Gasteiger partial charge in [-0.3, -0.25) is 19.9 Å². The SMILES string of the molecule is CO.Fc1c(I)c(F)c(I)c(F)c1I.Fc1c(I)c(F)c(I)c(F)c1I.Fc1c(I)c(F)c(I)c(F)c1I.Fc1c(I)c(F)c(I)c(F)c1I.[Co+2].[I-].[I-].c1ccc(-c2cccc(-c3ccccn3)n2)nc1.c1ccc(-c2cccc(-c3ccccn3)n2)nc1. The van der Waals surface area contributed by atoms with Crippen molar-refractivity contribution in [3.8, 4) is 45.6 Å². The Bertz CT molecular complexity index is 3040. The molecule has 4 aromatic carbocycles. The van der Waals surface area contributed by atoms with Gasteiger partial charge in [-0.25, -0.2) is 62.7 Å².